The van der Waals surface area contributed by atoms with Crippen LogP contribution in [-0.2, 0) is 0 Å². The molecule has 1 fully saturated rings. The Balaban J connectivity index is 2.67. The molecule has 1 rings (SSSR count). The smallest absolute Gasteiger partial charge is 0.0244 e. The van der Waals surface area contributed by atoms with Crippen molar-refractivity contribution >= 4 is 0 Å². The van der Waals surface area contributed by atoms with Gasteiger partial charge in [-0.1, -0.05) is 54.9 Å². The number of hydrogen-bond acceptors (Lipinski definition) is 2. The van der Waals surface area contributed by atoms with Crippen molar-refractivity contribution in [2.75, 3.05) is 19.6 Å². The highest BCUT2D eigenvalue weighted by molar-refractivity contribution is 4.90. The van der Waals surface area contributed by atoms with Crippen molar-refractivity contribution in [1.29, 1.82) is 0 Å². The van der Waals surface area contributed by atoms with Crippen LogP contribution < -0.4 is 5.32 Å². The molecular weight excluding hydrogens is 232 g/mol. The minimum absolute atomic E-state index is 0.680. The van der Waals surface area contributed by atoms with Crippen molar-refractivity contribution in [2.45, 2.75) is 67.0 Å². The molecule has 0 spiro atoms. The van der Waals surface area contributed by atoms with Crippen LogP contribution in [0, 0.1) is 23.7 Å². The van der Waals surface area contributed by atoms with Gasteiger partial charge in [-0.3, -0.25) is 4.90 Å². The normalized spacial score (nSPS) is 28.9. The summed E-state index contributed by atoms with van der Waals surface area (Å²) in [5.74, 6) is 3.09. The van der Waals surface area contributed by atoms with Gasteiger partial charge in [0.25, 0.3) is 0 Å². The van der Waals surface area contributed by atoms with Crippen molar-refractivity contribution < 1.29 is 0 Å². The number of piperazine rings is 1. The Bertz CT molecular complexity index is 250. The summed E-state index contributed by atoms with van der Waals surface area (Å²) in [5.41, 5.74) is 0. The molecule has 1 N–H and O–H groups in total. The predicted octanol–water partition coefficient (Wildman–Crippen LogP) is 3.62. The second kappa shape index (κ2) is 7.64. The molecule has 0 aromatic heterocycles. The lowest BCUT2D eigenvalue weighted by Crippen LogP contribution is -2.60. The first-order valence-electron chi connectivity index (χ1n) is 8.34. The van der Waals surface area contributed by atoms with Gasteiger partial charge >= 0.3 is 0 Å². The van der Waals surface area contributed by atoms with E-state index in [1.807, 2.05) is 0 Å². The molecule has 1 heterocycles. The average molecular weight is 268 g/mol. The zero-order valence-electron chi connectivity index (χ0n) is 14.2. The first kappa shape index (κ1) is 17.0. The highest BCUT2D eigenvalue weighted by atomic mass is 15.2. The van der Waals surface area contributed by atoms with Crippen LogP contribution in [0.2, 0.25) is 0 Å². The summed E-state index contributed by atoms with van der Waals surface area (Å²) in [6.45, 7) is 20.2. The quantitative estimate of drug-likeness (QED) is 0.791. The van der Waals surface area contributed by atoms with E-state index in [1.165, 1.54) is 19.5 Å². The molecule has 4 atom stereocenters. The highest BCUT2D eigenvalue weighted by Crippen LogP contribution is 2.22. The van der Waals surface area contributed by atoms with E-state index < -0.39 is 0 Å². The molecule has 19 heavy (non-hydrogen) atoms. The van der Waals surface area contributed by atoms with Gasteiger partial charge in [-0.2, -0.15) is 0 Å². The molecule has 0 aliphatic carbocycles. The van der Waals surface area contributed by atoms with Crippen LogP contribution in [0.4, 0.5) is 0 Å². The van der Waals surface area contributed by atoms with Crippen LogP contribution in [0.3, 0.4) is 0 Å². The molecule has 0 aromatic carbocycles. The molecule has 1 aliphatic heterocycles. The lowest BCUT2D eigenvalue weighted by atomic mass is 9.90. The maximum atomic E-state index is 3.79. The van der Waals surface area contributed by atoms with Crippen LogP contribution in [0.25, 0.3) is 0 Å². The Hall–Kier alpha value is -0.0800. The van der Waals surface area contributed by atoms with E-state index in [9.17, 15) is 0 Å². The Morgan fingerprint density at radius 2 is 1.74 bits per heavy atom. The predicted molar refractivity (Wildman–Crippen MR) is 85.4 cm³/mol. The molecule has 2 heteroatoms. The topological polar surface area (TPSA) is 15.3 Å². The standard InChI is InChI=1S/C17H36N2/c1-8-14(6)16-11-19(10-15(7)12(2)3)17(9-18-16)13(4)5/h12-18H,8-11H2,1-7H3. The third kappa shape index (κ3) is 4.75. The monoisotopic (exact) mass is 268 g/mol. The Morgan fingerprint density at radius 1 is 1.11 bits per heavy atom. The summed E-state index contributed by atoms with van der Waals surface area (Å²) in [4.78, 5) is 2.77. The molecule has 2 nitrogen and oxygen atoms in total. The zero-order valence-corrected chi connectivity index (χ0v) is 14.2. The van der Waals surface area contributed by atoms with Crippen LogP contribution in [0.1, 0.15) is 54.9 Å². The molecular formula is C17H36N2. The van der Waals surface area contributed by atoms with Crippen LogP contribution in [0.5, 0.6) is 0 Å². The van der Waals surface area contributed by atoms with Crippen LogP contribution in [-0.4, -0.2) is 36.6 Å². The molecule has 4 unspecified atom stereocenters. The van der Waals surface area contributed by atoms with E-state index in [1.54, 1.807) is 0 Å². The fourth-order valence-electron chi connectivity index (χ4n) is 2.97. The zero-order chi connectivity index (χ0) is 14.6. The summed E-state index contributed by atoms with van der Waals surface area (Å²) in [5, 5.41) is 3.79. The average Bonchev–Trinajstić information content (AvgIpc) is 2.37. The van der Waals surface area contributed by atoms with Crippen LogP contribution >= 0.6 is 0 Å². The van der Waals surface area contributed by atoms with E-state index in [0.717, 1.165) is 30.2 Å². The molecule has 114 valence electrons. The van der Waals surface area contributed by atoms with Gasteiger partial charge in [0.1, 0.15) is 0 Å². The Labute approximate surface area is 121 Å². The fraction of sp³-hybridized carbons (Fsp3) is 1.00. The maximum absolute atomic E-state index is 3.79. The van der Waals surface area contributed by atoms with E-state index in [-0.39, 0.29) is 0 Å². The molecule has 0 bridgehead atoms. The molecule has 0 radical (unpaired) electrons. The third-order valence-electron chi connectivity index (χ3n) is 5.25. The van der Waals surface area contributed by atoms with E-state index >= 15 is 0 Å². The van der Waals surface area contributed by atoms with Crippen molar-refractivity contribution in [1.82, 2.24) is 10.2 Å². The summed E-state index contributed by atoms with van der Waals surface area (Å²) in [7, 11) is 0. The first-order valence-corrected chi connectivity index (χ1v) is 8.34. The Morgan fingerprint density at radius 3 is 2.21 bits per heavy atom. The van der Waals surface area contributed by atoms with Crippen molar-refractivity contribution in [3.05, 3.63) is 0 Å². The molecule has 1 aliphatic rings. The van der Waals surface area contributed by atoms with Gasteiger partial charge in [0.2, 0.25) is 0 Å². The van der Waals surface area contributed by atoms with Gasteiger partial charge in [0.05, 0.1) is 0 Å². The van der Waals surface area contributed by atoms with E-state index in [2.05, 4.69) is 58.7 Å². The van der Waals surface area contributed by atoms with Crippen molar-refractivity contribution in [3.8, 4) is 0 Å². The summed E-state index contributed by atoms with van der Waals surface area (Å²) >= 11 is 0. The second-order valence-electron chi connectivity index (χ2n) is 7.39. The molecule has 0 aromatic rings. The number of nitrogens with one attached hydrogen (secondary N) is 1. The lowest BCUT2D eigenvalue weighted by molar-refractivity contribution is 0.0627. The first-order chi connectivity index (χ1) is 8.86. The number of rotatable bonds is 6. The lowest BCUT2D eigenvalue weighted by Gasteiger charge is -2.45. The maximum Gasteiger partial charge on any atom is 0.0244 e. The van der Waals surface area contributed by atoms with Gasteiger partial charge in [-0.15, -0.1) is 0 Å². The summed E-state index contributed by atoms with van der Waals surface area (Å²) < 4.78 is 0. The third-order valence-corrected chi connectivity index (χ3v) is 5.25. The van der Waals surface area contributed by atoms with E-state index in [4.69, 9.17) is 0 Å². The number of nitrogens with zero attached hydrogens (tertiary/aromatic N) is 1. The second-order valence-corrected chi connectivity index (χ2v) is 7.39. The molecule has 0 saturated carbocycles. The van der Waals surface area contributed by atoms with Gasteiger partial charge in [0, 0.05) is 31.7 Å². The van der Waals surface area contributed by atoms with Gasteiger partial charge in [0.15, 0.2) is 0 Å². The summed E-state index contributed by atoms with van der Waals surface area (Å²) in [6, 6.07) is 1.39. The minimum atomic E-state index is 0.680. The summed E-state index contributed by atoms with van der Waals surface area (Å²) in [6.07, 6.45) is 1.28. The van der Waals surface area contributed by atoms with Crippen LogP contribution in [0.15, 0.2) is 0 Å². The fourth-order valence-corrected chi connectivity index (χ4v) is 2.97. The molecule has 0 amide bonds. The largest absolute Gasteiger partial charge is 0.311 e. The SMILES string of the molecule is CCC(C)C1CN(CC(C)C(C)C)C(C(C)C)CN1. The van der Waals surface area contributed by atoms with Gasteiger partial charge in [-0.05, 0) is 23.7 Å². The van der Waals surface area contributed by atoms with Gasteiger partial charge < -0.3 is 5.32 Å². The minimum Gasteiger partial charge on any atom is -0.311 e. The van der Waals surface area contributed by atoms with Crippen molar-refractivity contribution in [3.63, 3.8) is 0 Å². The van der Waals surface area contributed by atoms with E-state index in [0.29, 0.717) is 12.1 Å². The highest BCUT2D eigenvalue weighted by Gasteiger charge is 2.32. The molecule has 1 saturated heterocycles. The number of hydrogen-bond donors (Lipinski definition) is 1. The van der Waals surface area contributed by atoms with Gasteiger partial charge in [-0.25, -0.2) is 0 Å². The Kier molecular flexibility index (Phi) is 6.82. The van der Waals surface area contributed by atoms with Crippen molar-refractivity contribution in [2.24, 2.45) is 23.7 Å².